The zero-order valence-electron chi connectivity index (χ0n) is 20.8. The minimum Gasteiger partial charge on any atom is -0.508 e. The van der Waals surface area contributed by atoms with Crippen LogP contribution in [-0.2, 0) is 25.6 Å². The van der Waals surface area contributed by atoms with E-state index in [0.29, 0.717) is 5.56 Å². The number of rotatable bonds is 15. The zero-order valence-corrected chi connectivity index (χ0v) is 21.7. The molecule has 0 aliphatic heterocycles. The lowest BCUT2D eigenvalue weighted by Gasteiger charge is -2.26. The number of aromatic hydroxyl groups is 1. The number of phenolic OH excluding ortho intramolecular Hbond substituents is 1. The van der Waals surface area contributed by atoms with E-state index in [2.05, 4.69) is 33.9 Å². The van der Waals surface area contributed by atoms with Crippen molar-refractivity contribution in [2.75, 3.05) is 12.3 Å². The molecule has 0 fully saturated rings. The van der Waals surface area contributed by atoms with Gasteiger partial charge in [0.25, 0.3) is 0 Å². The second-order valence-corrected chi connectivity index (χ2v) is 9.15. The average molecular weight is 541 g/mol. The van der Waals surface area contributed by atoms with Crippen molar-refractivity contribution in [1.82, 2.24) is 21.3 Å². The van der Waals surface area contributed by atoms with E-state index in [0.717, 1.165) is 0 Å². The molecule has 14 heteroatoms. The Kier molecular flexibility index (Phi) is 13.3. The number of hydrogen-bond acceptors (Lipinski definition) is 8. The molecule has 37 heavy (non-hydrogen) atoms. The topological polar surface area (TPSA) is 226 Å². The van der Waals surface area contributed by atoms with Crippen LogP contribution in [0.5, 0.6) is 5.75 Å². The van der Waals surface area contributed by atoms with Crippen molar-refractivity contribution in [3.05, 3.63) is 29.8 Å². The van der Waals surface area contributed by atoms with Crippen molar-refractivity contribution in [3.8, 4) is 5.75 Å². The number of phenols is 1. The Morgan fingerprint density at radius 3 is 2.05 bits per heavy atom. The summed E-state index contributed by atoms with van der Waals surface area (Å²) in [6, 6.07) is 0.996. The van der Waals surface area contributed by atoms with Gasteiger partial charge in [0, 0.05) is 12.3 Å². The van der Waals surface area contributed by atoms with Crippen molar-refractivity contribution in [1.29, 1.82) is 0 Å². The lowest BCUT2D eigenvalue weighted by atomic mass is 10.0. The number of hydrogen-bond donors (Lipinski definition) is 9. The van der Waals surface area contributed by atoms with Crippen molar-refractivity contribution >= 4 is 42.4 Å². The second-order valence-electron chi connectivity index (χ2n) is 8.78. The summed E-state index contributed by atoms with van der Waals surface area (Å²) in [7, 11) is 0. The standard InChI is InChI=1S/C23H36N6O7S/c1-12(2)18(21(33)27-16(22(34)35)4-3-9-26-23(25)36)29-20(32)17(11-37)28-19(31)15(24)10-13-5-7-14(30)8-6-13/h5-8,12,15-18,30,37H,3-4,9-11,24H2,1-2H3,(H,27,33)(H,28,31)(H,29,32)(H,34,35)(H3,25,26,36)/t15-,16-,17-,18-/m0/s1. The number of carboxylic acid groups (broad SMARTS) is 1. The summed E-state index contributed by atoms with van der Waals surface area (Å²) < 4.78 is 0. The Morgan fingerprint density at radius 2 is 1.54 bits per heavy atom. The van der Waals surface area contributed by atoms with E-state index in [1.54, 1.807) is 26.0 Å². The molecule has 0 bridgehead atoms. The number of thiol groups is 1. The lowest BCUT2D eigenvalue weighted by molar-refractivity contribution is -0.142. The summed E-state index contributed by atoms with van der Waals surface area (Å²) in [6.45, 7) is 3.47. The van der Waals surface area contributed by atoms with Crippen LogP contribution >= 0.6 is 12.6 Å². The number of urea groups is 1. The molecule has 4 atom stereocenters. The molecule has 0 aromatic heterocycles. The van der Waals surface area contributed by atoms with E-state index < -0.39 is 59.8 Å². The molecule has 0 aliphatic carbocycles. The summed E-state index contributed by atoms with van der Waals surface area (Å²) in [6.07, 6.45) is 0.432. The Balaban J connectivity index is 2.75. The Bertz CT molecular complexity index is 944. The number of carbonyl (C=O) groups excluding carboxylic acids is 4. The molecule has 1 rings (SSSR count). The molecule has 1 aromatic carbocycles. The molecule has 5 amide bonds. The highest BCUT2D eigenvalue weighted by molar-refractivity contribution is 7.80. The van der Waals surface area contributed by atoms with Crippen molar-refractivity contribution < 1.29 is 34.2 Å². The third kappa shape index (κ3) is 11.4. The number of primary amides is 1. The highest BCUT2D eigenvalue weighted by Crippen LogP contribution is 2.11. The van der Waals surface area contributed by atoms with E-state index in [1.807, 2.05) is 0 Å². The third-order valence-corrected chi connectivity index (χ3v) is 5.74. The Morgan fingerprint density at radius 1 is 0.946 bits per heavy atom. The molecule has 0 heterocycles. The van der Waals surface area contributed by atoms with Crippen LogP contribution in [0.25, 0.3) is 0 Å². The largest absolute Gasteiger partial charge is 0.508 e. The smallest absolute Gasteiger partial charge is 0.326 e. The fraction of sp³-hybridized carbons (Fsp3) is 0.522. The molecular weight excluding hydrogens is 504 g/mol. The van der Waals surface area contributed by atoms with Crippen molar-refractivity contribution in [2.24, 2.45) is 17.4 Å². The molecule has 0 saturated carbocycles. The third-order valence-electron chi connectivity index (χ3n) is 5.37. The van der Waals surface area contributed by atoms with Gasteiger partial charge in [0.1, 0.15) is 23.9 Å². The van der Waals surface area contributed by atoms with Crippen LogP contribution in [0, 0.1) is 5.92 Å². The maximum atomic E-state index is 12.9. The molecule has 1 aromatic rings. The number of nitrogens with two attached hydrogens (primary N) is 2. The van der Waals surface area contributed by atoms with Gasteiger partial charge in [0.15, 0.2) is 0 Å². The summed E-state index contributed by atoms with van der Waals surface area (Å²) in [5.41, 5.74) is 11.6. The van der Waals surface area contributed by atoms with Gasteiger partial charge in [-0.15, -0.1) is 0 Å². The van der Waals surface area contributed by atoms with Crippen LogP contribution < -0.4 is 32.7 Å². The van der Waals surface area contributed by atoms with Crippen LogP contribution in [0.2, 0.25) is 0 Å². The van der Waals surface area contributed by atoms with Gasteiger partial charge in [-0.3, -0.25) is 14.4 Å². The van der Waals surface area contributed by atoms with Crippen LogP contribution in [0.15, 0.2) is 24.3 Å². The van der Waals surface area contributed by atoms with Gasteiger partial charge >= 0.3 is 12.0 Å². The van der Waals surface area contributed by atoms with E-state index in [9.17, 15) is 34.2 Å². The number of aliphatic carboxylic acids is 1. The van der Waals surface area contributed by atoms with Gasteiger partial charge < -0.3 is 42.9 Å². The highest BCUT2D eigenvalue weighted by Gasteiger charge is 2.31. The first-order chi connectivity index (χ1) is 17.3. The first-order valence-corrected chi connectivity index (χ1v) is 12.3. The summed E-state index contributed by atoms with van der Waals surface area (Å²) >= 11 is 4.12. The van der Waals surface area contributed by atoms with E-state index >= 15 is 0 Å². The first-order valence-electron chi connectivity index (χ1n) is 11.7. The van der Waals surface area contributed by atoms with Crippen LogP contribution in [-0.4, -0.2) is 76.4 Å². The average Bonchev–Trinajstić information content (AvgIpc) is 2.83. The number of carbonyl (C=O) groups is 5. The van der Waals surface area contributed by atoms with Gasteiger partial charge in [-0.1, -0.05) is 26.0 Å². The number of amides is 5. The van der Waals surface area contributed by atoms with E-state index in [1.165, 1.54) is 12.1 Å². The van der Waals surface area contributed by atoms with Crippen molar-refractivity contribution in [3.63, 3.8) is 0 Å². The summed E-state index contributed by atoms with van der Waals surface area (Å²) in [5.74, 6) is -3.71. The highest BCUT2D eigenvalue weighted by atomic mass is 32.1. The fourth-order valence-corrected chi connectivity index (χ4v) is 3.53. The monoisotopic (exact) mass is 540 g/mol. The van der Waals surface area contributed by atoms with Crippen LogP contribution in [0.1, 0.15) is 32.3 Å². The minimum atomic E-state index is -1.27. The SMILES string of the molecule is CC(C)[C@H](NC(=O)[C@H](CS)NC(=O)[C@@H](N)Cc1ccc(O)cc1)C(=O)N[C@@H](CCCNC(N)=O)C(=O)O. The molecule has 206 valence electrons. The summed E-state index contributed by atoms with van der Waals surface area (Å²) in [5, 5.41) is 28.6. The maximum absolute atomic E-state index is 12.9. The normalized spacial score (nSPS) is 14.1. The Labute approximate surface area is 220 Å². The summed E-state index contributed by atoms with van der Waals surface area (Å²) in [4.78, 5) is 60.5. The predicted molar refractivity (Wildman–Crippen MR) is 139 cm³/mol. The van der Waals surface area contributed by atoms with Gasteiger partial charge in [-0.2, -0.15) is 12.6 Å². The van der Waals surface area contributed by atoms with Crippen LogP contribution in [0.3, 0.4) is 0 Å². The fourth-order valence-electron chi connectivity index (χ4n) is 3.28. The van der Waals surface area contributed by atoms with Gasteiger partial charge in [-0.05, 0) is 42.9 Å². The first kappa shape index (κ1) is 31.5. The molecule has 10 N–H and O–H groups in total. The number of benzene rings is 1. The second kappa shape index (κ2) is 15.6. The van der Waals surface area contributed by atoms with Gasteiger partial charge in [0.2, 0.25) is 17.7 Å². The Hall–Kier alpha value is -3.52. The molecule has 13 nitrogen and oxygen atoms in total. The van der Waals surface area contributed by atoms with E-state index in [4.69, 9.17) is 11.5 Å². The quantitative estimate of drug-likeness (QED) is 0.0971. The van der Waals surface area contributed by atoms with Gasteiger partial charge in [0.05, 0.1) is 6.04 Å². The predicted octanol–water partition coefficient (Wildman–Crippen LogP) is -1.16. The molecule has 0 aliphatic rings. The maximum Gasteiger partial charge on any atom is 0.326 e. The molecule has 0 spiro atoms. The minimum absolute atomic E-state index is 0.0222. The molecular formula is C23H36N6O7S. The molecule has 0 saturated heterocycles. The zero-order chi connectivity index (χ0) is 28.1. The van der Waals surface area contributed by atoms with Crippen molar-refractivity contribution in [2.45, 2.75) is 57.3 Å². The molecule has 0 unspecified atom stereocenters. The van der Waals surface area contributed by atoms with E-state index in [-0.39, 0.29) is 37.3 Å². The lowest BCUT2D eigenvalue weighted by Crippen LogP contribution is -2.59. The number of nitrogens with one attached hydrogen (secondary N) is 4. The van der Waals surface area contributed by atoms with Crippen LogP contribution in [0.4, 0.5) is 4.79 Å². The number of carboxylic acids is 1. The van der Waals surface area contributed by atoms with Gasteiger partial charge in [-0.25, -0.2) is 9.59 Å². The molecule has 0 radical (unpaired) electrons.